The van der Waals surface area contributed by atoms with E-state index in [9.17, 15) is 9.59 Å². The van der Waals surface area contributed by atoms with Crippen molar-refractivity contribution < 1.29 is 14.3 Å². The Morgan fingerprint density at radius 1 is 1.27 bits per heavy atom. The summed E-state index contributed by atoms with van der Waals surface area (Å²) in [6.07, 6.45) is 1.08. The molecule has 0 aliphatic heterocycles. The van der Waals surface area contributed by atoms with Crippen molar-refractivity contribution in [2.75, 3.05) is 7.05 Å². The van der Waals surface area contributed by atoms with Crippen molar-refractivity contribution in [3.63, 3.8) is 0 Å². The minimum absolute atomic E-state index is 0.0378. The number of ketones is 1. The average molecular weight is 213 g/mol. The lowest BCUT2D eigenvalue weighted by Gasteiger charge is -2.29. The fraction of sp³-hybridized carbons (Fsp3) is 0.818. The average Bonchev–Trinajstić information content (AvgIpc) is 2.79. The van der Waals surface area contributed by atoms with Crippen molar-refractivity contribution in [3.8, 4) is 0 Å². The number of likely N-dealkylation sites (N-methyl/N-ethyl adjacent to an activating group) is 1. The Kier molecular flexibility index (Phi) is 2.81. The maximum atomic E-state index is 11.7. The van der Waals surface area contributed by atoms with E-state index in [0.29, 0.717) is 0 Å². The van der Waals surface area contributed by atoms with Crippen molar-refractivity contribution >= 4 is 11.9 Å². The Hall–Kier alpha value is -1.06. The van der Waals surface area contributed by atoms with Gasteiger partial charge < -0.3 is 4.74 Å². The topological polar surface area (TPSA) is 46.6 Å². The van der Waals surface area contributed by atoms with E-state index in [1.165, 1.54) is 11.8 Å². The molecule has 15 heavy (non-hydrogen) atoms. The van der Waals surface area contributed by atoms with E-state index in [0.717, 1.165) is 12.8 Å². The molecule has 0 N–H and O–H groups in total. The predicted octanol–water partition coefficient (Wildman–Crippen LogP) is 1.97. The molecule has 0 unspecified atom stereocenters. The molecule has 4 nitrogen and oxygen atoms in total. The van der Waals surface area contributed by atoms with E-state index in [-0.39, 0.29) is 5.78 Å². The Bertz CT molecular complexity index is 287. The number of carbonyl (C=O) groups is 2. The highest BCUT2D eigenvalue weighted by Crippen LogP contribution is 2.42. The van der Waals surface area contributed by atoms with Crippen LogP contribution >= 0.6 is 0 Å². The summed E-state index contributed by atoms with van der Waals surface area (Å²) in [5.41, 5.74) is -1.10. The van der Waals surface area contributed by atoms with Crippen molar-refractivity contribution in [1.29, 1.82) is 0 Å². The molecule has 0 aromatic rings. The molecule has 1 rings (SSSR count). The van der Waals surface area contributed by atoms with Gasteiger partial charge in [-0.2, -0.15) is 0 Å². The lowest BCUT2D eigenvalue weighted by atomic mass is 10.1. The van der Waals surface area contributed by atoms with Crippen LogP contribution < -0.4 is 0 Å². The van der Waals surface area contributed by atoms with Gasteiger partial charge in [0, 0.05) is 7.05 Å². The molecule has 0 aromatic carbocycles. The van der Waals surface area contributed by atoms with Gasteiger partial charge in [0.25, 0.3) is 0 Å². The molecule has 0 saturated heterocycles. The van der Waals surface area contributed by atoms with Crippen LogP contribution in [-0.2, 0) is 9.53 Å². The number of rotatable bonds is 2. The Morgan fingerprint density at radius 2 is 1.73 bits per heavy atom. The minimum atomic E-state index is -0.581. The van der Waals surface area contributed by atoms with Gasteiger partial charge in [-0.3, -0.25) is 9.69 Å². The zero-order valence-electron chi connectivity index (χ0n) is 10.1. The highest BCUT2D eigenvalue weighted by atomic mass is 16.6. The summed E-state index contributed by atoms with van der Waals surface area (Å²) in [7, 11) is 1.63. The van der Waals surface area contributed by atoms with Crippen LogP contribution in [-0.4, -0.2) is 35.0 Å². The number of amides is 1. The Labute approximate surface area is 90.6 Å². The molecule has 1 aliphatic carbocycles. The number of hydrogen-bond donors (Lipinski definition) is 0. The first-order valence-corrected chi connectivity index (χ1v) is 5.17. The van der Waals surface area contributed by atoms with Gasteiger partial charge in [-0.05, 0) is 40.5 Å². The van der Waals surface area contributed by atoms with E-state index in [1.54, 1.807) is 7.05 Å². The molecule has 0 radical (unpaired) electrons. The van der Waals surface area contributed by atoms with Crippen LogP contribution in [0.2, 0.25) is 0 Å². The summed E-state index contributed by atoms with van der Waals surface area (Å²) < 4.78 is 5.21. The summed E-state index contributed by atoms with van der Waals surface area (Å²) in [4.78, 5) is 24.5. The first-order valence-electron chi connectivity index (χ1n) is 5.17. The summed E-state index contributed by atoms with van der Waals surface area (Å²) in [6, 6.07) is 0. The van der Waals surface area contributed by atoms with Crippen LogP contribution in [0.25, 0.3) is 0 Å². The maximum absolute atomic E-state index is 11.7. The summed E-state index contributed by atoms with van der Waals surface area (Å²) in [6.45, 7) is 6.96. The van der Waals surface area contributed by atoms with Crippen LogP contribution in [0.3, 0.4) is 0 Å². The smallest absolute Gasteiger partial charge is 0.410 e. The predicted molar refractivity (Wildman–Crippen MR) is 56.6 cm³/mol. The number of hydrogen-bond acceptors (Lipinski definition) is 3. The van der Waals surface area contributed by atoms with E-state index in [1.807, 2.05) is 20.8 Å². The molecule has 0 atom stereocenters. The van der Waals surface area contributed by atoms with Gasteiger partial charge >= 0.3 is 6.09 Å². The standard InChI is InChI=1S/C11H19NO3/c1-8(13)11(6-7-11)12(5)9(14)15-10(2,3)4/h6-7H2,1-5H3. The van der Waals surface area contributed by atoms with E-state index in [2.05, 4.69) is 0 Å². The fourth-order valence-corrected chi connectivity index (χ4v) is 1.55. The second-order valence-electron chi connectivity index (χ2n) is 5.13. The van der Waals surface area contributed by atoms with Gasteiger partial charge in [0.2, 0.25) is 0 Å². The van der Waals surface area contributed by atoms with Gasteiger partial charge in [0.15, 0.2) is 5.78 Å². The molecule has 0 bridgehead atoms. The first kappa shape index (κ1) is 12.0. The lowest BCUT2D eigenvalue weighted by molar-refractivity contribution is -0.123. The fourth-order valence-electron chi connectivity index (χ4n) is 1.55. The van der Waals surface area contributed by atoms with Crippen molar-refractivity contribution in [1.82, 2.24) is 4.90 Å². The molecule has 0 aromatic heterocycles. The van der Waals surface area contributed by atoms with Gasteiger partial charge in [0.1, 0.15) is 11.1 Å². The van der Waals surface area contributed by atoms with Crippen molar-refractivity contribution in [2.24, 2.45) is 0 Å². The van der Waals surface area contributed by atoms with Crippen molar-refractivity contribution in [2.45, 2.75) is 51.7 Å². The Morgan fingerprint density at radius 3 is 2.00 bits per heavy atom. The number of Topliss-reactive ketones (excluding diaryl/α,β-unsaturated/α-hetero) is 1. The second-order valence-corrected chi connectivity index (χ2v) is 5.13. The third-order valence-electron chi connectivity index (χ3n) is 2.69. The monoisotopic (exact) mass is 213 g/mol. The van der Waals surface area contributed by atoms with E-state index >= 15 is 0 Å². The summed E-state index contributed by atoms with van der Waals surface area (Å²) in [5.74, 6) is 0.0378. The zero-order chi connectivity index (χ0) is 11.9. The number of nitrogens with zero attached hydrogens (tertiary/aromatic N) is 1. The van der Waals surface area contributed by atoms with Crippen LogP contribution in [0.15, 0.2) is 0 Å². The molecule has 1 fully saturated rings. The lowest BCUT2D eigenvalue weighted by Crippen LogP contribution is -2.45. The van der Waals surface area contributed by atoms with Gasteiger partial charge in [0.05, 0.1) is 0 Å². The second kappa shape index (κ2) is 3.51. The zero-order valence-corrected chi connectivity index (χ0v) is 10.1. The SMILES string of the molecule is CC(=O)C1(N(C)C(=O)OC(C)(C)C)CC1. The molecule has 1 saturated carbocycles. The van der Waals surface area contributed by atoms with Crippen LogP contribution in [0.1, 0.15) is 40.5 Å². The summed E-state index contributed by atoms with van der Waals surface area (Å²) in [5, 5.41) is 0. The minimum Gasteiger partial charge on any atom is -0.444 e. The van der Waals surface area contributed by atoms with Crippen LogP contribution in [0.4, 0.5) is 4.79 Å². The molecule has 0 spiro atoms. The molecule has 4 heteroatoms. The van der Waals surface area contributed by atoms with Gasteiger partial charge in [-0.25, -0.2) is 4.79 Å². The third-order valence-corrected chi connectivity index (χ3v) is 2.69. The maximum Gasteiger partial charge on any atom is 0.410 e. The first-order chi connectivity index (χ1) is 6.69. The molecular weight excluding hydrogens is 194 g/mol. The van der Waals surface area contributed by atoms with E-state index < -0.39 is 17.2 Å². The normalized spacial score (nSPS) is 18.2. The van der Waals surface area contributed by atoms with Gasteiger partial charge in [-0.1, -0.05) is 0 Å². The largest absolute Gasteiger partial charge is 0.444 e. The Balaban J connectivity index is 2.66. The third kappa shape index (κ3) is 2.49. The highest BCUT2D eigenvalue weighted by molar-refractivity contribution is 5.92. The van der Waals surface area contributed by atoms with E-state index in [4.69, 9.17) is 4.74 Å². The number of ether oxygens (including phenoxy) is 1. The van der Waals surface area contributed by atoms with Crippen molar-refractivity contribution in [3.05, 3.63) is 0 Å². The molecule has 0 heterocycles. The molecule has 86 valence electrons. The quantitative estimate of drug-likeness (QED) is 0.704. The van der Waals surface area contributed by atoms with Crippen LogP contribution in [0, 0.1) is 0 Å². The summed E-state index contributed by atoms with van der Waals surface area (Å²) >= 11 is 0. The molecular formula is C11H19NO3. The van der Waals surface area contributed by atoms with Crippen LogP contribution in [0.5, 0.6) is 0 Å². The van der Waals surface area contributed by atoms with Gasteiger partial charge in [-0.15, -0.1) is 0 Å². The highest BCUT2D eigenvalue weighted by Gasteiger charge is 2.53. The molecule has 1 amide bonds. The molecule has 1 aliphatic rings. The number of carbonyl (C=O) groups excluding carboxylic acids is 2.